The van der Waals surface area contributed by atoms with Crippen LogP contribution in [0.15, 0.2) is 78.1 Å². The second-order valence-corrected chi connectivity index (χ2v) is 6.14. The molecule has 6 nitrogen and oxygen atoms in total. The molecule has 2 aromatic carbocycles. The van der Waals surface area contributed by atoms with Crippen LogP contribution in [0, 0.1) is 0 Å². The van der Waals surface area contributed by atoms with Gasteiger partial charge in [0.2, 0.25) is 0 Å². The highest BCUT2D eigenvalue weighted by atomic mass is 16.5. The second kappa shape index (κ2) is 7.78. The molecule has 27 heavy (non-hydrogen) atoms. The molecule has 6 heteroatoms. The number of methoxy groups -OCH3 is 1. The fourth-order valence-corrected chi connectivity index (χ4v) is 3.11. The van der Waals surface area contributed by atoms with Crippen LogP contribution < -0.4 is 4.74 Å². The van der Waals surface area contributed by atoms with Gasteiger partial charge in [0.05, 0.1) is 24.2 Å². The quantitative estimate of drug-likeness (QED) is 0.817. The zero-order valence-corrected chi connectivity index (χ0v) is 14.7. The fraction of sp³-hybridized carbons (Fsp3) is 0.143. The molecule has 0 fully saturated rings. The van der Waals surface area contributed by atoms with Gasteiger partial charge in [0.1, 0.15) is 5.75 Å². The van der Waals surface area contributed by atoms with E-state index in [4.69, 9.17) is 4.74 Å². The second-order valence-electron chi connectivity index (χ2n) is 6.14. The monoisotopic (exact) mass is 365 g/mol. The number of nitrogens with zero attached hydrogens (tertiary/aromatic N) is 1. The summed E-state index contributed by atoms with van der Waals surface area (Å²) in [6.07, 6.45) is 2.99. The van der Waals surface area contributed by atoms with Gasteiger partial charge in [0, 0.05) is 18.9 Å². The van der Waals surface area contributed by atoms with E-state index in [-0.39, 0.29) is 11.1 Å². The van der Waals surface area contributed by atoms with E-state index in [1.165, 1.54) is 12.4 Å². The molecule has 138 valence electrons. The summed E-state index contributed by atoms with van der Waals surface area (Å²) in [6, 6.07) is 16.1. The lowest BCUT2D eigenvalue weighted by Gasteiger charge is -2.29. The van der Waals surface area contributed by atoms with Crippen molar-refractivity contribution in [2.45, 2.75) is 12.5 Å². The smallest absolute Gasteiger partial charge is 0.334 e. The summed E-state index contributed by atoms with van der Waals surface area (Å²) < 4.78 is 5.13. The number of aliphatic carboxylic acids is 2. The van der Waals surface area contributed by atoms with Crippen molar-refractivity contribution in [1.29, 1.82) is 0 Å². The highest BCUT2D eigenvalue weighted by Gasteiger charge is 2.33. The summed E-state index contributed by atoms with van der Waals surface area (Å²) >= 11 is 0. The Balaban J connectivity index is 1.97. The lowest BCUT2D eigenvalue weighted by Crippen LogP contribution is -2.27. The Kier molecular flexibility index (Phi) is 5.26. The van der Waals surface area contributed by atoms with Crippen molar-refractivity contribution in [3.63, 3.8) is 0 Å². The molecule has 2 N–H and O–H groups in total. The van der Waals surface area contributed by atoms with Crippen molar-refractivity contribution < 1.29 is 24.5 Å². The fourth-order valence-electron chi connectivity index (χ4n) is 3.11. The van der Waals surface area contributed by atoms with E-state index < -0.39 is 17.9 Å². The van der Waals surface area contributed by atoms with E-state index in [1.807, 2.05) is 12.1 Å². The third kappa shape index (κ3) is 4.00. The highest BCUT2D eigenvalue weighted by molar-refractivity contribution is 5.97. The van der Waals surface area contributed by atoms with Crippen LogP contribution in [0.5, 0.6) is 5.75 Å². The van der Waals surface area contributed by atoms with Gasteiger partial charge in [-0.3, -0.25) is 0 Å². The SMILES string of the molecule is COc1ccc(CN2C=C(C(=O)O)C(c3ccccc3)C(C(=O)O)=C2)cc1. The van der Waals surface area contributed by atoms with Crippen molar-refractivity contribution in [3.8, 4) is 5.75 Å². The van der Waals surface area contributed by atoms with E-state index in [0.717, 1.165) is 5.56 Å². The first-order valence-corrected chi connectivity index (χ1v) is 8.33. The molecule has 0 unspecified atom stereocenters. The zero-order valence-electron chi connectivity index (χ0n) is 14.7. The van der Waals surface area contributed by atoms with Crippen LogP contribution in [0.2, 0.25) is 0 Å². The van der Waals surface area contributed by atoms with E-state index >= 15 is 0 Å². The maximum atomic E-state index is 11.9. The Hall–Kier alpha value is -3.54. The molecular formula is C21H19NO5. The Morgan fingerprint density at radius 2 is 1.48 bits per heavy atom. The maximum Gasteiger partial charge on any atom is 0.334 e. The number of benzene rings is 2. The summed E-state index contributed by atoms with van der Waals surface area (Å²) in [4.78, 5) is 25.3. The molecule has 0 aromatic heterocycles. The molecule has 0 amide bonds. The van der Waals surface area contributed by atoms with Crippen molar-refractivity contribution >= 4 is 11.9 Å². The number of hydrogen-bond acceptors (Lipinski definition) is 4. The Morgan fingerprint density at radius 3 is 1.96 bits per heavy atom. The van der Waals surface area contributed by atoms with Crippen LogP contribution in [0.1, 0.15) is 17.0 Å². The predicted octanol–water partition coefficient (Wildman–Crippen LogP) is 3.23. The van der Waals surface area contributed by atoms with Crippen LogP contribution in [-0.4, -0.2) is 34.2 Å². The van der Waals surface area contributed by atoms with Crippen molar-refractivity contribution in [1.82, 2.24) is 4.90 Å². The van der Waals surface area contributed by atoms with Crippen LogP contribution in [0.3, 0.4) is 0 Å². The molecule has 0 atom stereocenters. The average Bonchev–Trinajstić information content (AvgIpc) is 2.68. The van der Waals surface area contributed by atoms with Crippen LogP contribution in [-0.2, 0) is 16.1 Å². The number of carboxylic acid groups (broad SMARTS) is 2. The minimum absolute atomic E-state index is 0.0228. The lowest BCUT2D eigenvalue weighted by molar-refractivity contribution is -0.133. The van der Waals surface area contributed by atoms with Gasteiger partial charge in [-0.15, -0.1) is 0 Å². The van der Waals surface area contributed by atoms with Crippen molar-refractivity contribution in [3.05, 3.63) is 89.3 Å². The predicted molar refractivity (Wildman–Crippen MR) is 99.2 cm³/mol. The zero-order chi connectivity index (χ0) is 19.4. The summed E-state index contributed by atoms with van der Waals surface area (Å²) in [5.41, 5.74) is 1.57. The van der Waals surface area contributed by atoms with E-state index in [0.29, 0.717) is 17.9 Å². The Labute approximate surface area is 156 Å². The Bertz CT molecular complexity index is 868. The van der Waals surface area contributed by atoms with Crippen molar-refractivity contribution in [2.24, 2.45) is 0 Å². The lowest BCUT2D eigenvalue weighted by atomic mass is 9.83. The molecular weight excluding hydrogens is 346 g/mol. The van der Waals surface area contributed by atoms with Gasteiger partial charge in [0.25, 0.3) is 0 Å². The minimum Gasteiger partial charge on any atom is -0.497 e. The van der Waals surface area contributed by atoms with Crippen molar-refractivity contribution in [2.75, 3.05) is 7.11 Å². The van der Waals surface area contributed by atoms with Gasteiger partial charge in [-0.05, 0) is 23.3 Å². The highest BCUT2D eigenvalue weighted by Crippen LogP contribution is 2.36. The first-order chi connectivity index (χ1) is 13.0. The summed E-state index contributed by atoms with van der Waals surface area (Å²) in [5, 5.41) is 19.4. The molecule has 0 saturated heterocycles. The average molecular weight is 365 g/mol. The first-order valence-electron chi connectivity index (χ1n) is 8.33. The van der Waals surface area contributed by atoms with E-state index in [1.54, 1.807) is 54.5 Å². The molecule has 1 aliphatic rings. The molecule has 1 heterocycles. The summed E-state index contributed by atoms with van der Waals surface area (Å²) in [5.74, 6) is -2.40. The third-order valence-electron chi connectivity index (χ3n) is 4.38. The van der Waals surface area contributed by atoms with Crippen LogP contribution >= 0.6 is 0 Å². The van der Waals surface area contributed by atoms with Crippen LogP contribution in [0.4, 0.5) is 0 Å². The molecule has 0 bridgehead atoms. The number of carbonyl (C=O) groups is 2. The van der Waals surface area contributed by atoms with E-state index in [9.17, 15) is 19.8 Å². The van der Waals surface area contributed by atoms with E-state index in [2.05, 4.69) is 0 Å². The minimum atomic E-state index is -1.14. The summed E-state index contributed by atoms with van der Waals surface area (Å²) in [6.45, 7) is 0.346. The standard InChI is InChI=1S/C21H19NO5/c1-27-16-9-7-14(8-10-16)11-22-12-17(20(23)24)19(18(13-22)21(25)26)15-5-3-2-4-6-15/h2-10,12-13,19H,11H2,1H3,(H,23,24)(H,25,26). The first kappa shape index (κ1) is 18.3. The molecule has 3 rings (SSSR count). The molecule has 0 aliphatic carbocycles. The van der Waals surface area contributed by atoms with Gasteiger partial charge in [0.15, 0.2) is 0 Å². The maximum absolute atomic E-state index is 11.9. The molecule has 2 aromatic rings. The molecule has 0 spiro atoms. The van der Waals surface area contributed by atoms with Gasteiger partial charge < -0.3 is 19.8 Å². The normalized spacial score (nSPS) is 14.3. The largest absolute Gasteiger partial charge is 0.497 e. The summed E-state index contributed by atoms with van der Waals surface area (Å²) in [7, 11) is 1.58. The van der Waals surface area contributed by atoms with Gasteiger partial charge >= 0.3 is 11.9 Å². The third-order valence-corrected chi connectivity index (χ3v) is 4.38. The van der Waals surface area contributed by atoms with Crippen LogP contribution in [0.25, 0.3) is 0 Å². The molecule has 0 saturated carbocycles. The number of rotatable bonds is 6. The number of hydrogen-bond donors (Lipinski definition) is 2. The van der Waals surface area contributed by atoms with Gasteiger partial charge in [-0.2, -0.15) is 0 Å². The van der Waals surface area contributed by atoms with Gasteiger partial charge in [-0.25, -0.2) is 9.59 Å². The Morgan fingerprint density at radius 1 is 0.926 bits per heavy atom. The molecule has 0 radical (unpaired) electrons. The topological polar surface area (TPSA) is 87.1 Å². The molecule has 1 aliphatic heterocycles. The van der Waals surface area contributed by atoms with Gasteiger partial charge in [-0.1, -0.05) is 42.5 Å². The number of carboxylic acids is 2. The number of ether oxygens (including phenoxy) is 1.